The molecule has 0 spiro atoms. The van der Waals surface area contributed by atoms with Gasteiger partial charge >= 0.3 is 0 Å². The van der Waals surface area contributed by atoms with Gasteiger partial charge in [-0.2, -0.15) is 0 Å². The third kappa shape index (κ3) is 2.59. The highest BCUT2D eigenvalue weighted by Gasteiger charge is 2.11. The summed E-state index contributed by atoms with van der Waals surface area (Å²) in [5.74, 6) is 0.543. The molecule has 0 fully saturated rings. The van der Waals surface area contributed by atoms with Gasteiger partial charge in [-0.1, -0.05) is 48.0 Å². The topological polar surface area (TPSA) is 27.1 Å². The van der Waals surface area contributed by atoms with Crippen LogP contribution < -0.4 is 4.90 Å². The van der Waals surface area contributed by atoms with Crippen LogP contribution in [0.5, 0.6) is 0 Å². The number of nitrogens with zero attached hydrogens (tertiary/aromatic N) is 1. The van der Waals surface area contributed by atoms with Crippen LogP contribution in [0.4, 0.5) is 5.69 Å². The second-order valence-electron chi connectivity index (χ2n) is 4.29. The lowest BCUT2D eigenvalue weighted by atomic mass is 10.1. The van der Waals surface area contributed by atoms with Crippen molar-refractivity contribution in [2.75, 3.05) is 11.4 Å². The Morgan fingerprint density at radius 1 is 1.00 bits per heavy atom. The summed E-state index contributed by atoms with van der Waals surface area (Å²) in [6.45, 7) is 4.93. The first-order valence-electron chi connectivity index (χ1n) is 6.20. The van der Waals surface area contributed by atoms with Gasteiger partial charge in [0.25, 0.3) is 0 Å². The predicted octanol–water partition coefficient (Wildman–Crippen LogP) is 3.85. The normalized spacial score (nSPS) is 10.1. The van der Waals surface area contributed by atoms with Crippen molar-refractivity contribution in [3.05, 3.63) is 65.7 Å². The Kier molecular flexibility index (Phi) is 3.78. The van der Waals surface area contributed by atoms with Crippen molar-refractivity contribution in [3.63, 3.8) is 0 Å². The molecule has 0 atom stereocenters. The zero-order valence-electron chi connectivity index (χ0n) is 10.9. The Bertz CT molecular complexity index is 515. The van der Waals surface area contributed by atoms with Crippen LogP contribution in [-0.4, -0.2) is 12.4 Å². The van der Waals surface area contributed by atoms with Gasteiger partial charge in [0.1, 0.15) is 5.84 Å². The Balaban J connectivity index is 2.29. The minimum Gasteiger partial charge on any atom is -0.327 e. The average molecular weight is 238 g/mol. The van der Waals surface area contributed by atoms with E-state index in [9.17, 15) is 0 Å². The molecule has 0 radical (unpaired) electrons. The summed E-state index contributed by atoms with van der Waals surface area (Å²) in [5, 5.41) is 8.30. The maximum atomic E-state index is 8.30. The average Bonchev–Trinajstić information content (AvgIpc) is 2.42. The molecular weight excluding hydrogens is 220 g/mol. The molecule has 0 aliphatic heterocycles. The van der Waals surface area contributed by atoms with Gasteiger partial charge in [-0.25, -0.2) is 0 Å². The third-order valence-corrected chi connectivity index (χ3v) is 2.98. The number of amidine groups is 1. The lowest BCUT2D eigenvalue weighted by Crippen LogP contribution is -2.30. The summed E-state index contributed by atoms with van der Waals surface area (Å²) in [5.41, 5.74) is 3.25. The van der Waals surface area contributed by atoms with E-state index in [1.807, 2.05) is 35.2 Å². The molecule has 0 saturated carbocycles. The molecule has 2 nitrogen and oxygen atoms in total. The molecule has 2 aromatic rings. The van der Waals surface area contributed by atoms with Gasteiger partial charge in [-0.3, -0.25) is 5.41 Å². The maximum absolute atomic E-state index is 8.30. The fourth-order valence-electron chi connectivity index (χ4n) is 1.95. The molecule has 2 heteroatoms. The van der Waals surface area contributed by atoms with Crippen LogP contribution in [0.15, 0.2) is 54.6 Å². The van der Waals surface area contributed by atoms with Crippen LogP contribution in [0, 0.1) is 12.3 Å². The van der Waals surface area contributed by atoms with E-state index >= 15 is 0 Å². The maximum Gasteiger partial charge on any atom is 0.132 e. The molecular formula is C16H18N2. The second kappa shape index (κ2) is 5.50. The second-order valence-corrected chi connectivity index (χ2v) is 4.29. The van der Waals surface area contributed by atoms with Crippen molar-refractivity contribution in [1.82, 2.24) is 0 Å². The molecule has 0 saturated heterocycles. The molecule has 0 aliphatic rings. The van der Waals surface area contributed by atoms with Crippen LogP contribution in [0.1, 0.15) is 18.1 Å². The number of hydrogen-bond donors (Lipinski definition) is 1. The monoisotopic (exact) mass is 238 g/mol. The fraction of sp³-hybridized carbons (Fsp3) is 0.188. The Hall–Kier alpha value is -2.09. The van der Waals surface area contributed by atoms with E-state index in [0.717, 1.165) is 17.8 Å². The SMILES string of the molecule is CCN(C(=N)c1ccccc1)c1ccc(C)cc1. The first-order valence-corrected chi connectivity index (χ1v) is 6.20. The lowest BCUT2D eigenvalue weighted by molar-refractivity contribution is 1.04. The van der Waals surface area contributed by atoms with Crippen LogP contribution in [0.2, 0.25) is 0 Å². The van der Waals surface area contributed by atoms with Crippen molar-refractivity contribution in [1.29, 1.82) is 5.41 Å². The van der Waals surface area contributed by atoms with E-state index in [1.54, 1.807) is 0 Å². The van der Waals surface area contributed by atoms with E-state index < -0.39 is 0 Å². The number of hydrogen-bond acceptors (Lipinski definition) is 1. The first kappa shape index (κ1) is 12.4. The summed E-state index contributed by atoms with van der Waals surface area (Å²) in [4.78, 5) is 2.01. The number of nitrogens with one attached hydrogen (secondary N) is 1. The molecule has 92 valence electrons. The van der Waals surface area contributed by atoms with Gasteiger partial charge in [0.15, 0.2) is 0 Å². The summed E-state index contributed by atoms with van der Waals surface area (Å²) >= 11 is 0. The number of anilines is 1. The van der Waals surface area contributed by atoms with E-state index in [4.69, 9.17) is 5.41 Å². The van der Waals surface area contributed by atoms with E-state index in [-0.39, 0.29) is 0 Å². The molecule has 2 rings (SSSR count). The largest absolute Gasteiger partial charge is 0.327 e. The van der Waals surface area contributed by atoms with E-state index in [2.05, 4.69) is 38.1 Å². The Morgan fingerprint density at radius 2 is 1.61 bits per heavy atom. The van der Waals surface area contributed by atoms with Crippen molar-refractivity contribution < 1.29 is 0 Å². The number of rotatable bonds is 3. The fourth-order valence-corrected chi connectivity index (χ4v) is 1.95. The Labute approximate surface area is 108 Å². The van der Waals surface area contributed by atoms with Gasteiger partial charge in [0.05, 0.1) is 0 Å². The van der Waals surface area contributed by atoms with Crippen molar-refractivity contribution in [2.45, 2.75) is 13.8 Å². The van der Waals surface area contributed by atoms with Gasteiger partial charge in [-0.15, -0.1) is 0 Å². The molecule has 2 aromatic carbocycles. The Morgan fingerprint density at radius 3 is 2.17 bits per heavy atom. The first-order chi connectivity index (χ1) is 8.72. The highest BCUT2D eigenvalue weighted by Crippen LogP contribution is 2.17. The summed E-state index contributed by atoms with van der Waals surface area (Å²) in [6, 6.07) is 18.1. The van der Waals surface area contributed by atoms with Crippen molar-refractivity contribution in [2.24, 2.45) is 0 Å². The standard InChI is InChI=1S/C16H18N2/c1-3-18(15-11-9-13(2)10-12-15)16(17)14-7-5-4-6-8-14/h4-12,17H,3H2,1-2H3. The lowest BCUT2D eigenvalue weighted by Gasteiger charge is -2.24. The van der Waals surface area contributed by atoms with Crippen LogP contribution in [-0.2, 0) is 0 Å². The molecule has 0 aromatic heterocycles. The van der Waals surface area contributed by atoms with Crippen LogP contribution >= 0.6 is 0 Å². The van der Waals surface area contributed by atoms with E-state index in [1.165, 1.54) is 5.56 Å². The van der Waals surface area contributed by atoms with Crippen LogP contribution in [0.25, 0.3) is 0 Å². The highest BCUT2D eigenvalue weighted by atomic mass is 15.2. The summed E-state index contributed by atoms with van der Waals surface area (Å²) in [7, 11) is 0. The van der Waals surface area contributed by atoms with Crippen LogP contribution in [0.3, 0.4) is 0 Å². The molecule has 0 unspecified atom stereocenters. The minimum atomic E-state index is 0.543. The molecule has 0 heterocycles. The predicted molar refractivity (Wildman–Crippen MR) is 77.5 cm³/mol. The zero-order chi connectivity index (χ0) is 13.0. The molecule has 0 bridgehead atoms. The molecule has 0 aliphatic carbocycles. The number of aryl methyl sites for hydroxylation is 1. The summed E-state index contributed by atoms with van der Waals surface area (Å²) < 4.78 is 0. The quantitative estimate of drug-likeness (QED) is 0.638. The van der Waals surface area contributed by atoms with Gasteiger partial charge < -0.3 is 4.90 Å². The minimum absolute atomic E-state index is 0.543. The number of benzene rings is 2. The third-order valence-electron chi connectivity index (χ3n) is 2.98. The molecule has 0 amide bonds. The van der Waals surface area contributed by atoms with Gasteiger partial charge in [-0.05, 0) is 26.0 Å². The van der Waals surface area contributed by atoms with E-state index in [0.29, 0.717) is 5.84 Å². The smallest absolute Gasteiger partial charge is 0.132 e. The molecule has 18 heavy (non-hydrogen) atoms. The van der Waals surface area contributed by atoms with Gasteiger partial charge in [0.2, 0.25) is 0 Å². The van der Waals surface area contributed by atoms with Crippen molar-refractivity contribution >= 4 is 11.5 Å². The van der Waals surface area contributed by atoms with Gasteiger partial charge in [0, 0.05) is 17.8 Å². The highest BCUT2D eigenvalue weighted by molar-refractivity contribution is 6.07. The molecule has 1 N–H and O–H groups in total. The van der Waals surface area contributed by atoms with Crippen molar-refractivity contribution in [3.8, 4) is 0 Å². The zero-order valence-corrected chi connectivity index (χ0v) is 10.9. The summed E-state index contributed by atoms with van der Waals surface area (Å²) in [6.07, 6.45) is 0.